The zero-order valence-corrected chi connectivity index (χ0v) is 14.7. The number of carbonyl (C=O) groups is 1. The van der Waals surface area contributed by atoms with Crippen molar-refractivity contribution in [3.8, 4) is 0 Å². The average Bonchev–Trinajstić information content (AvgIpc) is 2.65. The lowest BCUT2D eigenvalue weighted by atomic mass is 10.1. The Morgan fingerprint density at radius 3 is 2.42 bits per heavy atom. The SMILES string of the molecule is Nc1cc(=O)[nH]c(S[C@@H](C(=O)NCc2ccccc2)c2ccccc2)n1. The quantitative estimate of drug-likeness (QED) is 0.460. The van der Waals surface area contributed by atoms with Crippen LogP contribution in [0.5, 0.6) is 0 Å². The number of benzene rings is 2. The van der Waals surface area contributed by atoms with Crippen LogP contribution >= 0.6 is 11.8 Å². The first-order chi connectivity index (χ1) is 12.6. The summed E-state index contributed by atoms with van der Waals surface area (Å²) < 4.78 is 0. The first-order valence-corrected chi connectivity index (χ1v) is 8.90. The molecule has 0 aliphatic heterocycles. The summed E-state index contributed by atoms with van der Waals surface area (Å²) >= 11 is 1.15. The van der Waals surface area contributed by atoms with E-state index in [1.165, 1.54) is 6.07 Å². The molecule has 0 aliphatic rings. The molecule has 0 unspecified atom stereocenters. The van der Waals surface area contributed by atoms with Gasteiger partial charge in [0.2, 0.25) is 5.91 Å². The highest BCUT2D eigenvalue weighted by Gasteiger charge is 2.23. The van der Waals surface area contributed by atoms with E-state index in [-0.39, 0.29) is 17.3 Å². The maximum absolute atomic E-state index is 12.8. The van der Waals surface area contributed by atoms with Gasteiger partial charge in [0, 0.05) is 12.6 Å². The number of hydrogen-bond acceptors (Lipinski definition) is 5. The normalized spacial score (nSPS) is 11.7. The molecule has 6 nitrogen and oxygen atoms in total. The van der Waals surface area contributed by atoms with Gasteiger partial charge in [0.15, 0.2) is 5.16 Å². The van der Waals surface area contributed by atoms with Crippen LogP contribution in [-0.2, 0) is 11.3 Å². The smallest absolute Gasteiger partial charge is 0.253 e. The highest BCUT2D eigenvalue weighted by molar-refractivity contribution is 8.00. The number of aromatic amines is 1. The van der Waals surface area contributed by atoms with E-state index in [2.05, 4.69) is 15.3 Å². The topological polar surface area (TPSA) is 101 Å². The second-order valence-corrected chi connectivity index (χ2v) is 6.68. The third-order valence-electron chi connectivity index (χ3n) is 3.62. The molecule has 1 amide bonds. The van der Waals surface area contributed by atoms with Crippen molar-refractivity contribution < 1.29 is 4.79 Å². The second kappa shape index (κ2) is 8.35. The minimum Gasteiger partial charge on any atom is -0.383 e. The molecule has 7 heteroatoms. The number of carbonyl (C=O) groups excluding carboxylic acids is 1. The maximum Gasteiger partial charge on any atom is 0.253 e. The number of amides is 1. The molecule has 0 saturated carbocycles. The summed E-state index contributed by atoms with van der Waals surface area (Å²) in [4.78, 5) is 31.1. The third-order valence-corrected chi connectivity index (χ3v) is 4.76. The molecule has 3 rings (SSSR count). The van der Waals surface area contributed by atoms with Crippen molar-refractivity contribution in [2.45, 2.75) is 17.0 Å². The summed E-state index contributed by atoms with van der Waals surface area (Å²) in [5, 5.41) is 2.68. The number of hydrogen-bond donors (Lipinski definition) is 3. The van der Waals surface area contributed by atoms with Crippen molar-refractivity contribution >= 4 is 23.5 Å². The summed E-state index contributed by atoms with van der Waals surface area (Å²) in [6, 6.07) is 20.2. The standard InChI is InChI=1S/C19H18N4O2S/c20-15-11-16(24)23-19(22-15)26-17(14-9-5-2-6-10-14)18(25)21-12-13-7-3-1-4-8-13/h1-11,17H,12H2,(H,21,25)(H3,20,22,23,24)/t17-/m1/s1. The van der Waals surface area contributed by atoms with Crippen LogP contribution in [0, 0.1) is 0 Å². The highest BCUT2D eigenvalue weighted by Crippen LogP contribution is 2.33. The van der Waals surface area contributed by atoms with E-state index in [1.807, 2.05) is 60.7 Å². The zero-order valence-electron chi connectivity index (χ0n) is 13.9. The van der Waals surface area contributed by atoms with Crippen LogP contribution in [0.4, 0.5) is 5.82 Å². The predicted molar refractivity (Wildman–Crippen MR) is 103 cm³/mol. The lowest BCUT2D eigenvalue weighted by molar-refractivity contribution is -0.120. The van der Waals surface area contributed by atoms with E-state index in [4.69, 9.17) is 5.73 Å². The van der Waals surface area contributed by atoms with Gasteiger partial charge in [-0.2, -0.15) is 0 Å². The van der Waals surface area contributed by atoms with E-state index < -0.39 is 5.25 Å². The molecule has 1 heterocycles. The molecule has 26 heavy (non-hydrogen) atoms. The fraction of sp³-hybridized carbons (Fsp3) is 0.105. The maximum atomic E-state index is 12.8. The van der Waals surface area contributed by atoms with Crippen molar-refractivity contribution in [3.05, 3.63) is 88.2 Å². The first kappa shape index (κ1) is 17.8. The number of nitrogens with zero attached hydrogens (tertiary/aromatic N) is 1. The molecule has 1 atom stereocenters. The lowest BCUT2D eigenvalue weighted by Crippen LogP contribution is -2.28. The van der Waals surface area contributed by atoms with Crippen molar-refractivity contribution in [1.82, 2.24) is 15.3 Å². The van der Waals surface area contributed by atoms with E-state index in [0.29, 0.717) is 11.7 Å². The van der Waals surface area contributed by atoms with Crippen LogP contribution in [0.25, 0.3) is 0 Å². The number of rotatable bonds is 6. The molecular formula is C19H18N4O2S. The summed E-state index contributed by atoms with van der Waals surface area (Å²) in [6.45, 7) is 0.421. The molecule has 132 valence electrons. The summed E-state index contributed by atoms with van der Waals surface area (Å²) in [5.74, 6) is -0.0529. The molecule has 0 aliphatic carbocycles. The minimum atomic E-state index is -0.565. The van der Waals surface area contributed by atoms with Crippen molar-refractivity contribution in [3.63, 3.8) is 0 Å². The van der Waals surface area contributed by atoms with Gasteiger partial charge in [-0.25, -0.2) is 4.98 Å². The number of nitrogens with two attached hydrogens (primary N) is 1. The summed E-state index contributed by atoms with van der Waals surface area (Å²) in [5.41, 5.74) is 7.11. The Bertz CT molecular complexity index is 929. The second-order valence-electron chi connectivity index (χ2n) is 5.59. The third kappa shape index (κ3) is 4.73. The first-order valence-electron chi connectivity index (χ1n) is 8.02. The van der Waals surface area contributed by atoms with Gasteiger partial charge >= 0.3 is 0 Å². The molecule has 0 radical (unpaired) electrons. The van der Waals surface area contributed by atoms with Gasteiger partial charge in [0.25, 0.3) is 5.56 Å². The molecule has 0 spiro atoms. The summed E-state index contributed by atoms with van der Waals surface area (Å²) in [6.07, 6.45) is 0. The average molecular weight is 366 g/mol. The Morgan fingerprint density at radius 2 is 1.77 bits per heavy atom. The Balaban J connectivity index is 1.81. The van der Waals surface area contributed by atoms with Crippen LogP contribution in [0.3, 0.4) is 0 Å². The molecule has 4 N–H and O–H groups in total. The fourth-order valence-electron chi connectivity index (χ4n) is 2.40. The Morgan fingerprint density at radius 1 is 1.12 bits per heavy atom. The monoisotopic (exact) mass is 366 g/mol. The van der Waals surface area contributed by atoms with E-state index in [1.54, 1.807) is 0 Å². The zero-order chi connectivity index (χ0) is 18.4. The largest absolute Gasteiger partial charge is 0.383 e. The van der Waals surface area contributed by atoms with Crippen LogP contribution in [0.2, 0.25) is 0 Å². The molecule has 0 saturated heterocycles. The summed E-state index contributed by atoms with van der Waals surface area (Å²) in [7, 11) is 0. The molecule has 3 aromatic rings. The van der Waals surface area contributed by atoms with Crippen LogP contribution in [0.1, 0.15) is 16.4 Å². The van der Waals surface area contributed by atoms with Gasteiger partial charge in [-0.3, -0.25) is 9.59 Å². The molecule has 2 aromatic carbocycles. The van der Waals surface area contributed by atoms with Crippen LogP contribution < -0.4 is 16.6 Å². The Labute approximate surface area is 154 Å². The predicted octanol–water partition coefficient (Wildman–Crippen LogP) is 2.50. The van der Waals surface area contributed by atoms with Crippen LogP contribution in [0.15, 0.2) is 76.7 Å². The Kier molecular flexibility index (Phi) is 5.70. The van der Waals surface area contributed by atoms with Crippen LogP contribution in [-0.4, -0.2) is 15.9 Å². The number of nitrogen functional groups attached to an aromatic ring is 1. The molecule has 1 aromatic heterocycles. The number of nitrogens with one attached hydrogen (secondary N) is 2. The van der Waals surface area contributed by atoms with Gasteiger partial charge < -0.3 is 16.0 Å². The van der Waals surface area contributed by atoms with E-state index >= 15 is 0 Å². The van der Waals surface area contributed by atoms with Crippen molar-refractivity contribution in [2.24, 2.45) is 0 Å². The Hall–Kier alpha value is -3.06. The highest BCUT2D eigenvalue weighted by atomic mass is 32.2. The van der Waals surface area contributed by atoms with Crippen molar-refractivity contribution in [1.29, 1.82) is 0 Å². The van der Waals surface area contributed by atoms with Gasteiger partial charge in [-0.05, 0) is 11.1 Å². The number of aromatic nitrogens is 2. The van der Waals surface area contributed by atoms with Gasteiger partial charge in [0.05, 0.1) is 0 Å². The van der Waals surface area contributed by atoms with E-state index in [0.717, 1.165) is 22.9 Å². The lowest BCUT2D eigenvalue weighted by Gasteiger charge is -2.16. The molecular weight excluding hydrogens is 348 g/mol. The fourth-order valence-corrected chi connectivity index (χ4v) is 3.42. The number of anilines is 1. The number of H-pyrrole nitrogens is 1. The van der Waals surface area contributed by atoms with Gasteiger partial charge in [0.1, 0.15) is 11.1 Å². The van der Waals surface area contributed by atoms with Crippen molar-refractivity contribution in [2.75, 3.05) is 5.73 Å². The number of thioether (sulfide) groups is 1. The molecule has 0 bridgehead atoms. The molecule has 0 fully saturated rings. The van der Waals surface area contributed by atoms with E-state index in [9.17, 15) is 9.59 Å². The van der Waals surface area contributed by atoms with Gasteiger partial charge in [-0.15, -0.1) is 0 Å². The minimum absolute atomic E-state index is 0.118. The van der Waals surface area contributed by atoms with Gasteiger partial charge in [-0.1, -0.05) is 72.4 Å².